The van der Waals surface area contributed by atoms with Crippen LogP contribution < -0.4 is 5.32 Å². The average Bonchev–Trinajstić information content (AvgIpc) is 2.84. The van der Waals surface area contributed by atoms with Gasteiger partial charge in [0.15, 0.2) is 0 Å². The van der Waals surface area contributed by atoms with E-state index in [9.17, 15) is 18.4 Å². The minimum Gasteiger partial charge on any atom is -0.463 e. The normalized spacial score (nSPS) is 11.0. The first-order chi connectivity index (χ1) is 16.4. The number of nitrogens with one attached hydrogen (secondary N) is 1. The molecule has 0 heterocycles. The Balaban J connectivity index is 1.69. The van der Waals surface area contributed by atoms with E-state index in [2.05, 4.69) is 5.32 Å². The van der Waals surface area contributed by atoms with Crippen molar-refractivity contribution >= 4 is 34.4 Å². The Labute approximate surface area is 195 Å². The molecule has 4 aromatic carbocycles. The number of carbonyl (C=O) groups is 2. The number of halogens is 2. The number of benzene rings is 4. The number of anilines is 1. The summed E-state index contributed by atoms with van der Waals surface area (Å²) in [5.41, 5.74) is 2.33. The van der Waals surface area contributed by atoms with Crippen LogP contribution in [0.15, 0.2) is 84.9 Å². The van der Waals surface area contributed by atoms with E-state index >= 15 is 0 Å². The van der Waals surface area contributed by atoms with Crippen molar-refractivity contribution in [3.05, 3.63) is 108 Å². The first-order valence-electron chi connectivity index (χ1n) is 10.7. The lowest BCUT2D eigenvalue weighted by Gasteiger charge is -2.12. The number of hydrogen-bond acceptors (Lipinski definition) is 3. The molecule has 6 heteroatoms. The number of esters is 1. The van der Waals surface area contributed by atoms with Crippen molar-refractivity contribution in [2.24, 2.45) is 0 Å². The van der Waals surface area contributed by atoms with Gasteiger partial charge in [0, 0.05) is 11.6 Å². The maximum absolute atomic E-state index is 14.5. The van der Waals surface area contributed by atoms with Crippen LogP contribution >= 0.6 is 0 Å². The van der Waals surface area contributed by atoms with Gasteiger partial charge in [-0.1, -0.05) is 42.5 Å². The second kappa shape index (κ2) is 10.1. The van der Waals surface area contributed by atoms with Gasteiger partial charge in [0.1, 0.15) is 11.6 Å². The highest BCUT2D eigenvalue weighted by atomic mass is 19.1. The summed E-state index contributed by atoms with van der Waals surface area (Å²) in [6, 6.07) is 21.1. The van der Waals surface area contributed by atoms with Gasteiger partial charge in [-0.05, 0) is 76.9 Å². The summed E-state index contributed by atoms with van der Waals surface area (Å²) < 4.78 is 32.7. The molecule has 1 amide bonds. The Kier molecular flexibility index (Phi) is 6.78. The standard InChI is InChI=1S/C28H21F2NO3/c1-2-34-27(32)14-8-18-7-13-25(30)26(15-18)31-28(33)24-17-21(19-9-11-22(29)12-10-19)16-20-5-3-4-6-23(20)24/h3-17H,2H2,1H3,(H,31,33)/b14-8+. The van der Waals surface area contributed by atoms with Crippen LogP contribution in [-0.2, 0) is 9.53 Å². The fourth-order valence-electron chi connectivity index (χ4n) is 3.59. The monoisotopic (exact) mass is 457 g/mol. The molecule has 4 aromatic rings. The maximum Gasteiger partial charge on any atom is 0.330 e. The van der Waals surface area contributed by atoms with Crippen LogP contribution in [0.3, 0.4) is 0 Å². The summed E-state index contributed by atoms with van der Waals surface area (Å²) in [6.45, 7) is 1.95. The summed E-state index contributed by atoms with van der Waals surface area (Å²) >= 11 is 0. The molecule has 0 fully saturated rings. The topological polar surface area (TPSA) is 55.4 Å². The van der Waals surface area contributed by atoms with Crippen molar-refractivity contribution in [1.29, 1.82) is 0 Å². The lowest BCUT2D eigenvalue weighted by Crippen LogP contribution is -2.14. The number of carbonyl (C=O) groups excluding carboxylic acids is 2. The molecule has 4 rings (SSSR count). The fourth-order valence-corrected chi connectivity index (χ4v) is 3.59. The second-order valence-corrected chi connectivity index (χ2v) is 7.53. The van der Waals surface area contributed by atoms with E-state index in [0.29, 0.717) is 16.5 Å². The molecule has 0 aliphatic rings. The Morgan fingerprint density at radius 2 is 1.68 bits per heavy atom. The van der Waals surface area contributed by atoms with Gasteiger partial charge in [0.25, 0.3) is 5.91 Å². The van der Waals surface area contributed by atoms with E-state index in [1.807, 2.05) is 30.3 Å². The summed E-state index contributed by atoms with van der Waals surface area (Å²) in [7, 11) is 0. The first kappa shape index (κ1) is 22.9. The molecule has 4 nitrogen and oxygen atoms in total. The smallest absolute Gasteiger partial charge is 0.330 e. The van der Waals surface area contributed by atoms with Gasteiger partial charge in [0.2, 0.25) is 0 Å². The molecule has 0 aliphatic carbocycles. The molecule has 0 bridgehead atoms. The van der Waals surface area contributed by atoms with E-state index in [1.165, 1.54) is 42.5 Å². The average molecular weight is 457 g/mol. The SMILES string of the molecule is CCOC(=O)/C=C/c1ccc(F)c(NC(=O)c2cc(-c3ccc(F)cc3)cc3ccccc23)c1. The molecule has 0 radical (unpaired) electrons. The van der Waals surface area contributed by atoms with E-state index in [-0.39, 0.29) is 18.1 Å². The van der Waals surface area contributed by atoms with Crippen LogP contribution in [0.4, 0.5) is 14.5 Å². The van der Waals surface area contributed by atoms with Gasteiger partial charge >= 0.3 is 5.97 Å². The zero-order chi connectivity index (χ0) is 24.1. The highest BCUT2D eigenvalue weighted by Crippen LogP contribution is 2.29. The highest BCUT2D eigenvalue weighted by Gasteiger charge is 2.15. The van der Waals surface area contributed by atoms with E-state index in [0.717, 1.165) is 16.5 Å². The molecule has 0 saturated heterocycles. The zero-order valence-corrected chi connectivity index (χ0v) is 18.3. The van der Waals surface area contributed by atoms with Crippen molar-refractivity contribution in [3.8, 4) is 11.1 Å². The molecule has 170 valence electrons. The lowest BCUT2D eigenvalue weighted by molar-refractivity contribution is -0.137. The Bertz CT molecular complexity index is 1390. The van der Waals surface area contributed by atoms with Gasteiger partial charge in [-0.25, -0.2) is 13.6 Å². The van der Waals surface area contributed by atoms with Crippen molar-refractivity contribution in [2.75, 3.05) is 11.9 Å². The molecule has 0 spiro atoms. The molecule has 0 unspecified atom stereocenters. The van der Waals surface area contributed by atoms with E-state index < -0.39 is 17.7 Å². The maximum atomic E-state index is 14.5. The molecule has 0 aromatic heterocycles. The van der Waals surface area contributed by atoms with Crippen molar-refractivity contribution < 1.29 is 23.1 Å². The molecular formula is C28H21F2NO3. The van der Waals surface area contributed by atoms with E-state index in [4.69, 9.17) is 4.74 Å². The number of hydrogen-bond donors (Lipinski definition) is 1. The van der Waals surface area contributed by atoms with Gasteiger partial charge < -0.3 is 10.1 Å². The number of fused-ring (bicyclic) bond motifs is 1. The summed E-state index contributed by atoms with van der Waals surface area (Å²) in [5, 5.41) is 4.15. The number of amides is 1. The summed E-state index contributed by atoms with van der Waals surface area (Å²) in [6.07, 6.45) is 2.72. The van der Waals surface area contributed by atoms with Gasteiger partial charge in [-0.15, -0.1) is 0 Å². The second-order valence-electron chi connectivity index (χ2n) is 7.53. The van der Waals surface area contributed by atoms with Crippen LogP contribution in [0.2, 0.25) is 0 Å². The fraction of sp³-hybridized carbons (Fsp3) is 0.0714. The largest absolute Gasteiger partial charge is 0.463 e. The van der Waals surface area contributed by atoms with Gasteiger partial charge in [-0.2, -0.15) is 0 Å². The predicted molar refractivity (Wildman–Crippen MR) is 129 cm³/mol. The van der Waals surface area contributed by atoms with Crippen LogP contribution in [0.5, 0.6) is 0 Å². The summed E-state index contributed by atoms with van der Waals surface area (Å²) in [5.74, 6) is -1.97. The minimum atomic E-state index is -0.611. The molecular weight excluding hydrogens is 436 g/mol. The van der Waals surface area contributed by atoms with Crippen LogP contribution in [-0.4, -0.2) is 18.5 Å². The van der Waals surface area contributed by atoms with Gasteiger partial charge in [-0.3, -0.25) is 4.79 Å². The first-order valence-corrected chi connectivity index (χ1v) is 10.7. The number of ether oxygens (including phenoxy) is 1. The molecule has 1 N–H and O–H groups in total. The highest BCUT2D eigenvalue weighted by molar-refractivity contribution is 6.14. The summed E-state index contributed by atoms with van der Waals surface area (Å²) in [4.78, 5) is 24.8. The molecule has 0 saturated carbocycles. The third kappa shape index (κ3) is 5.18. The molecule has 34 heavy (non-hydrogen) atoms. The zero-order valence-electron chi connectivity index (χ0n) is 18.3. The quantitative estimate of drug-likeness (QED) is 0.262. The van der Waals surface area contributed by atoms with Crippen molar-refractivity contribution in [2.45, 2.75) is 6.92 Å². The Morgan fingerprint density at radius 1 is 0.912 bits per heavy atom. The molecule has 0 atom stereocenters. The van der Waals surface area contributed by atoms with Gasteiger partial charge in [0.05, 0.1) is 12.3 Å². The Morgan fingerprint density at radius 3 is 2.44 bits per heavy atom. The Hall–Kier alpha value is -4.32. The third-order valence-electron chi connectivity index (χ3n) is 5.22. The third-order valence-corrected chi connectivity index (χ3v) is 5.22. The number of rotatable bonds is 6. The van der Waals surface area contributed by atoms with Crippen LogP contribution in [0.25, 0.3) is 28.0 Å². The lowest BCUT2D eigenvalue weighted by atomic mass is 9.96. The molecule has 0 aliphatic heterocycles. The van der Waals surface area contributed by atoms with Crippen molar-refractivity contribution in [1.82, 2.24) is 0 Å². The van der Waals surface area contributed by atoms with Crippen molar-refractivity contribution in [3.63, 3.8) is 0 Å². The minimum absolute atomic E-state index is 0.0210. The van der Waals surface area contributed by atoms with E-state index in [1.54, 1.807) is 25.1 Å². The van der Waals surface area contributed by atoms with Crippen LogP contribution in [0.1, 0.15) is 22.8 Å². The predicted octanol–water partition coefficient (Wildman–Crippen LogP) is 6.61. The van der Waals surface area contributed by atoms with Crippen LogP contribution in [0, 0.1) is 11.6 Å².